The molecule has 26 heavy (non-hydrogen) atoms. The van der Waals surface area contributed by atoms with Gasteiger partial charge in [-0.2, -0.15) is 0 Å². The molecule has 2 heterocycles. The SMILES string of the molecule is O=C(Nc1cc(-n2cnnn2)ccc1N1CCCC1)c1cccc(Cl)c1. The molecule has 0 bridgehead atoms. The zero-order chi connectivity index (χ0) is 17.9. The van der Waals surface area contributed by atoms with Gasteiger partial charge in [-0.1, -0.05) is 17.7 Å². The number of carbonyl (C=O) groups is 1. The Balaban J connectivity index is 1.69. The van der Waals surface area contributed by atoms with Crippen molar-refractivity contribution >= 4 is 28.9 Å². The van der Waals surface area contributed by atoms with Crippen LogP contribution in [0.3, 0.4) is 0 Å². The third-order valence-corrected chi connectivity index (χ3v) is 4.61. The molecule has 0 aliphatic carbocycles. The summed E-state index contributed by atoms with van der Waals surface area (Å²) < 4.78 is 1.56. The number of benzene rings is 2. The van der Waals surface area contributed by atoms with Crippen molar-refractivity contribution < 1.29 is 4.79 Å². The number of hydrogen-bond acceptors (Lipinski definition) is 5. The zero-order valence-corrected chi connectivity index (χ0v) is 14.7. The first kappa shape index (κ1) is 16.5. The quantitative estimate of drug-likeness (QED) is 0.765. The molecular weight excluding hydrogens is 352 g/mol. The minimum atomic E-state index is -0.207. The normalized spacial score (nSPS) is 13.8. The maximum absolute atomic E-state index is 12.7. The van der Waals surface area contributed by atoms with Crippen LogP contribution < -0.4 is 10.2 Å². The van der Waals surface area contributed by atoms with Gasteiger partial charge in [0.2, 0.25) is 0 Å². The lowest BCUT2D eigenvalue weighted by Gasteiger charge is -2.22. The summed E-state index contributed by atoms with van der Waals surface area (Å²) in [5, 5.41) is 14.8. The molecule has 3 aromatic rings. The highest BCUT2D eigenvalue weighted by Gasteiger charge is 2.18. The molecule has 1 fully saturated rings. The van der Waals surface area contributed by atoms with Crippen LogP contribution in [-0.4, -0.2) is 39.2 Å². The van der Waals surface area contributed by atoms with E-state index in [4.69, 9.17) is 11.6 Å². The summed E-state index contributed by atoms with van der Waals surface area (Å²) in [6, 6.07) is 12.7. The molecule has 0 saturated carbocycles. The van der Waals surface area contributed by atoms with E-state index in [1.807, 2.05) is 18.2 Å². The Bertz CT molecular complexity index is 921. The largest absolute Gasteiger partial charge is 0.370 e. The van der Waals surface area contributed by atoms with Crippen LogP contribution >= 0.6 is 11.6 Å². The molecule has 1 aliphatic rings. The van der Waals surface area contributed by atoms with Crippen LogP contribution in [0.1, 0.15) is 23.2 Å². The Morgan fingerprint density at radius 2 is 1.96 bits per heavy atom. The first-order valence-electron chi connectivity index (χ1n) is 8.40. The molecule has 1 amide bonds. The Labute approximate surface area is 155 Å². The van der Waals surface area contributed by atoms with E-state index in [0.717, 1.165) is 43.0 Å². The molecule has 1 saturated heterocycles. The van der Waals surface area contributed by atoms with E-state index in [-0.39, 0.29) is 5.91 Å². The monoisotopic (exact) mass is 368 g/mol. The van der Waals surface area contributed by atoms with E-state index < -0.39 is 0 Å². The number of carbonyl (C=O) groups excluding carboxylic acids is 1. The van der Waals surface area contributed by atoms with E-state index in [0.29, 0.717) is 10.6 Å². The summed E-state index contributed by atoms with van der Waals surface area (Å²) in [6.45, 7) is 1.95. The fourth-order valence-electron chi connectivity index (χ4n) is 3.10. The van der Waals surface area contributed by atoms with Crippen molar-refractivity contribution in [1.82, 2.24) is 20.2 Å². The van der Waals surface area contributed by atoms with Crippen molar-refractivity contribution in [3.05, 3.63) is 59.4 Å². The molecule has 1 N–H and O–H groups in total. The lowest BCUT2D eigenvalue weighted by Crippen LogP contribution is -2.21. The molecule has 132 valence electrons. The second-order valence-electron chi connectivity index (χ2n) is 6.11. The third-order valence-electron chi connectivity index (χ3n) is 4.38. The van der Waals surface area contributed by atoms with Gasteiger partial charge in [0.15, 0.2) is 0 Å². The van der Waals surface area contributed by atoms with Gasteiger partial charge in [0.25, 0.3) is 5.91 Å². The summed E-state index contributed by atoms with van der Waals surface area (Å²) in [4.78, 5) is 15.0. The number of aromatic nitrogens is 4. The minimum Gasteiger partial charge on any atom is -0.370 e. The molecule has 1 aromatic heterocycles. The first-order chi connectivity index (χ1) is 12.7. The van der Waals surface area contributed by atoms with Crippen molar-refractivity contribution in [1.29, 1.82) is 0 Å². The molecule has 4 rings (SSSR count). The number of amides is 1. The second-order valence-corrected chi connectivity index (χ2v) is 6.55. The number of anilines is 2. The number of hydrogen-bond donors (Lipinski definition) is 1. The number of nitrogens with zero attached hydrogens (tertiary/aromatic N) is 5. The number of halogens is 1. The van der Waals surface area contributed by atoms with Crippen LogP contribution in [0, 0.1) is 0 Å². The number of rotatable bonds is 4. The van der Waals surface area contributed by atoms with Crippen LogP contribution in [0.5, 0.6) is 0 Å². The van der Waals surface area contributed by atoms with Crippen LogP contribution in [0.15, 0.2) is 48.8 Å². The van der Waals surface area contributed by atoms with Gasteiger partial charge in [0, 0.05) is 23.7 Å². The van der Waals surface area contributed by atoms with Crippen molar-refractivity contribution in [3.8, 4) is 5.69 Å². The topological polar surface area (TPSA) is 75.9 Å². The molecule has 2 aromatic carbocycles. The molecule has 0 radical (unpaired) electrons. The summed E-state index contributed by atoms with van der Waals surface area (Å²) in [7, 11) is 0. The van der Waals surface area contributed by atoms with Gasteiger partial charge in [0.05, 0.1) is 17.1 Å². The van der Waals surface area contributed by atoms with Gasteiger partial charge < -0.3 is 10.2 Å². The predicted molar refractivity (Wildman–Crippen MR) is 100 cm³/mol. The summed E-state index contributed by atoms with van der Waals surface area (Å²) in [6.07, 6.45) is 3.82. The molecule has 8 heteroatoms. The zero-order valence-electron chi connectivity index (χ0n) is 14.0. The van der Waals surface area contributed by atoms with Crippen molar-refractivity contribution in [2.45, 2.75) is 12.8 Å². The molecule has 0 spiro atoms. The summed E-state index contributed by atoms with van der Waals surface area (Å²) in [5.74, 6) is -0.207. The molecule has 7 nitrogen and oxygen atoms in total. The fourth-order valence-corrected chi connectivity index (χ4v) is 3.29. The van der Waals surface area contributed by atoms with Crippen molar-refractivity contribution in [2.24, 2.45) is 0 Å². The third kappa shape index (κ3) is 3.39. The van der Waals surface area contributed by atoms with Crippen LogP contribution in [0.4, 0.5) is 11.4 Å². The highest BCUT2D eigenvalue weighted by molar-refractivity contribution is 6.31. The highest BCUT2D eigenvalue weighted by atomic mass is 35.5. The van der Waals surface area contributed by atoms with E-state index in [1.54, 1.807) is 28.9 Å². The lowest BCUT2D eigenvalue weighted by molar-refractivity contribution is 0.102. The van der Waals surface area contributed by atoms with Crippen molar-refractivity contribution in [2.75, 3.05) is 23.3 Å². The van der Waals surface area contributed by atoms with Gasteiger partial charge in [0.1, 0.15) is 6.33 Å². The highest BCUT2D eigenvalue weighted by Crippen LogP contribution is 2.31. The average Bonchev–Trinajstić information content (AvgIpc) is 3.35. The van der Waals surface area contributed by atoms with Gasteiger partial charge in [-0.05, 0) is 59.7 Å². The maximum atomic E-state index is 12.7. The maximum Gasteiger partial charge on any atom is 0.255 e. The van der Waals surface area contributed by atoms with Crippen molar-refractivity contribution in [3.63, 3.8) is 0 Å². The predicted octanol–water partition coefficient (Wildman–Crippen LogP) is 3.17. The molecule has 0 unspecified atom stereocenters. The van der Waals surface area contributed by atoms with Crippen LogP contribution in [0.2, 0.25) is 5.02 Å². The molecule has 1 aliphatic heterocycles. The molecule has 0 atom stereocenters. The van der Waals surface area contributed by atoms with Crippen LogP contribution in [-0.2, 0) is 0 Å². The van der Waals surface area contributed by atoms with E-state index in [2.05, 4.69) is 25.7 Å². The fraction of sp³-hybridized carbons (Fsp3) is 0.222. The van der Waals surface area contributed by atoms with E-state index in [9.17, 15) is 4.79 Å². The van der Waals surface area contributed by atoms with Gasteiger partial charge in [-0.25, -0.2) is 4.68 Å². The van der Waals surface area contributed by atoms with Gasteiger partial charge >= 0.3 is 0 Å². The van der Waals surface area contributed by atoms with Gasteiger partial charge in [-0.15, -0.1) is 5.10 Å². The van der Waals surface area contributed by atoms with Crippen LogP contribution in [0.25, 0.3) is 5.69 Å². The smallest absolute Gasteiger partial charge is 0.255 e. The summed E-state index contributed by atoms with van der Waals surface area (Å²) >= 11 is 6.01. The number of tetrazole rings is 1. The van der Waals surface area contributed by atoms with Gasteiger partial charge in [-0.3, -0.25) is 4.79 Å². The number of nitrogens with one attached hydrogen (secondary N) is 1. The van der Waals surface area contributed by atoms with E-state index >= 15 is 0 Å². The minimum absolute atomic E-state index is 0.207. The van der Waals surface area contributed by atoms with E-state index in [1.165, 1.54) is 6.33 Å². The Hall–Kier alpha value is -2.93. The Morgan fingerprint density at radius 1 is 1.12 bits per heavy atom. The summed E-state index contributed by atoms with van der Waals surface area (Å²) in [5.41, 5.74) is 3.01. The standard InChI is InChI=1S/C18H17ClN6O/c19-14-5-3-4-13(10-14)18(26)21-16-11-15(25-12-20-22-23-25)6-7-17(16)24-8-1-2-9-24/h3-7,10-12H,1-2,8-9H2,(H,21,26). The second kappa shape index (κ2) is 7.13. The lowest BCUT2D eigenvalue weighted by atomic mass is 10.1. The average molecular weight is 369 g/mol. The molecular formula is C18H17ClN6O. The Morgan fingerprint density at radius 3 is 2.69 bits per heavy atom. The Kier molecular flexibility index (Phi) is 4.53. The first-order valence-corrected chi connectivity index (χ1v) is 8.78.